The number of aromatic nitrogens is 2. The van der Waals surface area contributed by atoms with E-state index in [1.807, 2.05) is 37.3 Å². The third-order valence-corrected chi connectivity index (χ3v) is 5.72. The highest BCUT2D eigenvalue weighted by Gasteiger charge is 2.24. The van der Waals surface area contributed by atoms with Crippen LogP contribution in [-0.2, 0) is 11.3 Å². The summed E-state index contributed by atoms with van der Waals surface area (Å²) in [5.74, 6) is 0.553. The van der Waals surface area contributed by atoms with Crippen LogP contribution < -0.4 is 4.74 Å². The van der Waals surface area contributed by atoms with Crippen molar-refractivity contribution in [3.63, 3.8) is 0 Å². The summed E-state index contributed by atoms with van der Waals surface area (Å²) < 4.78 is 27.3. The van der Waals surface area contributed by atoms with Crippen LogP contribution >= 0.6 is 0 Å². The summed E-state index contributed by atoms with van der Waals surface area (Å²) in [6.45, 7) is 11.4. The maximum atomic E-state index is 13.9. The fraction of sp³-hybridized carbons (Fsp3) is 0.370. The number of halogens is 1. The summed E-state index contributed by atoms with van der Waals surface area (Å²) in [6.07, 6.45) is 1.92. The second-order valence-corrected chi connectivity index (χ2v) is 8.34. The van der Waals surface area contributed by atoms with Gasteiger partial charge in [0.15, 0.2) is 0 Å². The Kier molecular flexibility index (Phi) is 9.39. The van der Waals surface area contributed by atoms with Gasteiger partial charge >= 0.3 is 0 Å². The highest BCUT2D eigenvalue weighted by atomic mass is 19.1. The first-order valence-corrected chi connectivity index (χ1v) is 11.6. The average molecular weight is 468 g/mol. The molecule has 6 nitrogen and oxygen atoms in total. The SMILES string of the molecule is C=CCOC[C@@H](O)CN(Cc1c(C)nn(-c2ccccc2)c1Oc1cccc(F)c1)[C@H](C)CC. The van der Waals surface area contributed by atoms with Crippen LogP contribution in [0.1, 0.15) is 31.5 Å². The van der Waals surface area contributed by atoms with E-state index in [0.717, 1.165) is 23.4 Å². The van der Waals surface area contributed by atoms with Crippen molar-refractivity contribution in [1.82, 2.24) is 14.7 Å². The van der Waals surface area contributed by atoms with Crippen molar-refractivity contribution in [3.05, 3.63) is 84.3 Å². The standard InChI is InChI=1S/C27H34FN3O3/c1-5-15-33-19-24(32)17-30(20(3)6-2)18-26-21(4)29-31(23-12-8-7-9-13-23)27(26)34-25-14-10-11-22(28)16-25/h5,7-14,16,20,24,32H,1,6,15,17-19H2,2-4H3/t20-,24+/m1/s1. The van der Waals surface area contributed by atoms with E-state index in [0.29, 0.717) is 31.3 Å². The number of ether oxygens (including phenoxy) is 2. The molecule has 3 aromatic rings. The van der Waals surface area contributed by atoms with Crippen molar-refractivity contribution < 1.29 is 19.0 Å². The van der Waals surface area contributed by atoms with E-state index in [9.17, 15) is 9.50 Å². The van der Waals surface area contributed by atoms with E-state index in [2.05, 4.69) is 25.3 Å². The number of hydrogen-bond donors (Lipinski definition) is 1. The molecule has 3 rings (SSSR count). The number of hydrogen-bond acceptors (Lipinski definition) is 5. The van der Waals surface area contributed by atoms with E-state index >= 15 is 0 Å². The van der Waals surface area contributed by atoms with E-state index in [4.69, 9.17) is 14.6 Å². The summed E-state index contributed by atoms with van der Waals surface area (Å²) in [5.41, 5.74) is 2.53. The first kappa shape index (κ1) is 25.6. The summed E-state index contributed by atoms with van der Waals surface area (Å²) in [6, 6.07) is 16.0. The molecule has 0 aliphatic carbocycles. The maximum Gasteiger partial charge on any atom is 0.227 e. The van der Waals surface area contributed by atoms with Crippen molar-refractivity contribution in [3.8, 4) is 17.3 Å². The zero-order valence-corrected chi connectivity index (χ0v) is 20.2. The zero-order valence-electron chi connectivity index (χ0n) is 20.2. The minimum Gasteiger partial charge on any atom is -0.438 e. The van der Waals surface area contributed by atoms with Crippen LogP contribution in [0.3, 0.4) is 0 Å². The minimum atomic E-state index is -0.647. The molecule has 0 aliphatic heterocycles. The van der Waals surface area contributed by atoms with E-state index in [1.54, 1.807) is 22.9 Å². The van der Waals surface area contributed by atoms with Gasteiger partial charge in [0.2, 0.25) is 5.88 Å². The maximum absolute atomic E-state index is 13.9. The molecule has 0 unspecified atom stereocenters. The van der Waals surface area contributed by atoms with Gasteiger partial charge in [0.05, 0.1) is 36.3 Å². The molecule has 34 heavy (non-hydrogen) atoms. The molecule has 0 radical (unpaired) electrons. The number of para-hydroxylation sites is 1. The summed E-state index contributed by atoms with van der Waals surface area (Å²) in [7, 11) is 0. The molecule has 0 aliphatic rings. The van der Waals surface area contributed by atoms with Crippen molar-refractivity contribution in [1.29, 1.82) is 0 Å². The Morgan fingerprint density at radius 1 is 1.21 bits per heavy atom. The van der Waals surface area contributed by atoms with Crippen LogP contribution in [0, 0.1) is 12.7 Å². The molecule has 182 valence electrons. The third kappa shape index (κ3) is 6.76. The molecule has 0 bridgehead atoms. The van der Waals surface area contributed by atoms with Gasteiger partial charge in [-0.05, 0) is 44.5 Å². The molecular formula is C27H34FN3O3. The van der Waals surface area contributed by atoms with E-state index < -0.39 is 6.10 Å². The molecule has 0 spiro atoms. The number of nitrogens with zero attached hydrogens (tertiary/aromatic N) is 3. The van der Waals surface area contributed by atoms with Crippen molar-refractivity contribution in [2.45, 2.75) is 45.9 Å². The fourth-order valence-corrected chi connectivity index (χ4v) is 3.68. The lowest BCUT2D eigenvalue weighted by Crippen LogP contribution is -2.40. The van der Waals surface area contributed by atoms with Crippen LogP contribution in [0.25, 0.3) is 5.69 Å². The van der Waals surface area contributed by atoms with E-state index in [1.165, 1.54) is 12.1 Å². The summed E-state index contributed by atoms with van der Waals surface area (Å²) in [5, 5.41) is 15.3. The monoisotopic (exact) mass is 467 g/mol. The predicted molar refractivity (Wildman–Crippen MR) is 132 cm³/mol. The lowest BCUT2D eigenvalue weighted by Gasteiger charge is -2.30. The third-order valence-electron chi connectivity index (χ3n) is 5.72. The number of rotatable bonds is 13. The van der Waals surface area contributed by atoms with Crippen molar-refractivity contribution in [2.24, 2.45) is 0 Å². The Bertz CT molecular complexity index is 1050. The van der Waals surface area contributed by atoms with Gasteiger partial charge in [0, 0.05) is 25.2 Å². The van der Waals surface area contributed by atoms with Crippen LogP contribution in [-0.4, -0.2) is 51.7 Å². The number of aryl methyl sites for hydroxylation is 1. The molecule has 0 fully saturated rings. The zero-order chi connectivity index (χ0) is 24.5. The van der Waals surface area contributed by atoms with Gasteiger partial charge in [-0.25, -0.2) is 9.07 Å². The fourth-order valence-electron chi connectivity index (χ4n) is 3.68. The smallest absolute Gasteiger partial charge is 0.227 e. The lowest BCUT2D eigenvalue weighted by atomic mass is 10.1. The largest absolute Gasteiger partial charge is 0.438 e. The highest BCUT2D eigenvalue weighted by molar-refractivity contribution is 5.43. The first-order chi connectivity index (χ1) is 16.4. The van der Waals surface area contributed by atoms with Gasteiger partial charge < -0.3 is 14.6 Å². The molecule has 1 N–H and O–H groups in total. The molecular weight excluding hydrogens is 433 g/mol. The summed E-state index contributed by atoms with van der Waals surface area (Å²) >= 11 is 0. The molecule has 0 saturated heterocycles. The Morgan fingerprint density at radius 2 is 1.97 bits per heavy atom. The topological polar surface area (TPSA) is 59.8 Å². The Morgan fingerprint density at radius 3 is 2.65 bits per heavy atom. The Hall–Kier alpha value is -3.00. The van der Waals surface area contributed by atoms with Crippen LogP contribution in [0.4, 0.5) is 4.39 Å². The lowest BCUT2D eigenvalue weighted by molar-refractivity contribution is 0.0155. The van der Waals surface area contributed by atoms with Crippen LogP contribution in [0.5, 0.6) is 11.6 Å². The second kappa shape index (κ2) is 12.5. The Balaban J connectivity index is 1.96. The number of benzene rings is 2. The normalized spacial score (nSPS) is 13.1. The highest BCUT2D eigenvalue weighted by Crippen LogP contribution is 2.32. The summed E-state index contributed by atoms with van der Waals surface area (Å²) in [4.78, 5) is 2.19. The first-order valence-electron chi connectivity index (χ1n) is 11.6. The molecule has 1 aromatic heterocycles. The minimum absolute atomic E-state index is 0.204. The molecule has 0 saturated carbocycles. The van der Waals surface area contributed by atoms with Gasteiger partial charge in [0.1, 0.15) is 11.6 Å². The van der Waals surface area contributed by atoms with Crippen molar-refractivity contribution in [2.75, 3.05) is 19.8 Å². The average Bonchev–Trinajstić information content (AvgIpc) is 3.13. The second-order valence-electron chi connectivity index (χ2n) is 8.34. The molecule has 7 heteroatoms. The van der Waals surface area contributed by atoms with E-state index in [-0.39, 0.29) is 18.5 Å². The van der Waals surface area contributed by atoms with Gasteiger partial charge in [-0.3, -0.25) is 4.90 Å². The van der Waals surface area contributed by atoms with Gasteiger partial charge in [-0.2, -0.15) is 5.10 Å². The van der Waals surface area contributed by atoms with Crippen LogP contribution in [0.2, 0.25) is 0 Å². The quantitative estimate of drug-likeness (QED) is 0.274. The van der Waals surface area contributed by atoms with Gasteiger partial charge in [-0.1, -0.05) is 37.3 Å². The Labute approximate surface area is 201 Å². The predicted octanol–water partition coefficient (Wildman–Crippen LogP) is 5.28. The number of aliphatic hydroxyl groups excluding tert-OH is 1. The molecule has 1 heterocycles. The number of aliphatic hydroxyl groups is 1. The molecule has 0 amide bonds. The van der Waals surface area contributed by atoms with Crippen LogP contribution in [0.15, 0.2) is 67.3 Å². The van der Waals surface area contributed by atoms with Gasteiger partial charge in [-0.15, -0.1) is 6.58 Å². The van der Waals surface area contributed by atoms with Crippen molar-refractivity contribution >= 4 is 0 Å². The van der Waals surface area contributed by atoms with Gasteiger partial charge in [0.25, 0.3) is 0 Å². The molecule has 2 atom stereocenters. The molecule has 2 aromatic carbocycles.